The third-order valence-corrected chi connectivity index (χ3v) is 5.23. The Kier molecular flexibility index (Phi) is 5.29. The number of urea groups is 1. The number of hydrogen-bond donors (Lipinski definition) is 1. The Balaban J connectivity index is 1.45. The van der Waals surface area contributed by atoms with Gasteiger partial charge in [-0.1, -0.05) is 60.7 Å². The molecule has 0 aliphatic carbocycles. The van der Waals surface area contributed by atoms with E-state index in [-0.39, 0.29) is 11.9 Å². The number of carbonyl (C=O) groups excluding carboxylic acids is 2. The molecule has 1 fully saturated rings. The Morgan fingerprint density at radius 3 is 2.07 bits per heavy atom. The second kappa shape index (κ2) is 8.19. The smallest absolute Gasteiger partial charge is 0.311 e. The van der Waals surface area contributed by atoms with Crippen molar-refractivity contribution in [3.05, 3.63) is 84.9 Å². The zero-order valence-electron chi connectivity index (χ0n) is 16.3. The largest absolute Gasteiger partial charge is 0.322 e. The second-order valence-electron chi connectivity index (χ2n) is 7.07. The highest BCUT2D eigenvalue weighted by atomic mass is 16.2. The Morgan fingerprint density at radius 2 is 1.41 bits per heavy atom. The first-order valence-corrected chi connectivity index (χ1v) is 9.73. The van der Waals surface area contributed by atoms with Crippen LogP contribution in [0.15, 0.2) is 84.9 Å². The fourth-order valence-electron chi connectivity index (χ4n) is 3.59. The Hall–Kier alpha value is -3.60. The molecule has 3 amide bonds. The Morgan fingerprint density at radius 1 is 0.828 bits per heavy atom. The fourth-order valence-corrected chi connectivity index (χ4v) is 3.59. The van der Waals surface area contributed by atoms with Crippen LogP contribution in [0.25, 0.3) is 11.1 Å². The van der Waals surface area contributed by atoms with Crippen molar-refractivity contribution in [2.24, 2.45) is 0 Å². The molecule has 3 aromatic carbocycles. The highest BCUT2D eigenvalue weighted by molar-refractivity contribution is 6.02. The minimum absolute atomic E-state index is 0.0769. The van der Waals surface area contributed by atoms with Gasteiger partial charge in [0.05, 0.1) is 0 Å². The summed E-state index contributed by atoms with van der Waals surface area (Å²) in [4.78, 5) is 28.9. The van der Waals surface area contributed by atoms with Gasteiger partial charge in [0.15, 0.2) is 0 Å². The molecule has 5 nitrogen and oxygen atoms in total. The van der Waals surface area contributed by atoms with E-state index in [1.54, 1.807) is 16.7 Å². The van der Waals surface area contributed by atoms with Gasteiger partial charge in [-0.25, -0.2) is 4.79 Å². The van der Waals surface area contributed by atoms with Crippen molar-refractivity contribution in [3.63, 3.8) is 0 Å². The third-order valence-electron chi connectivity index (χ3n) is 5.23. The molecule has 29 heavy (non-hydrogen) atoms. The normalized spacial score (nSPS) is 16.6. The van der Waals surface area contributed by atoms with Crippen LogP contribution in [-0.4, -0.2) is 36.0 Å². The first-order chi connectivity index (χ1) is 14.1. The summed E-state index contributed by atoms with van der Waals surface area (Å²) in [6, 6.07) is 26.6. The van der Waals surface area contributed by atoms with E-state index in [1.165, 1.54) is 0 Å². The average Bonchev–Trinajstić information content (AvgIpc) is 2.77. The van der Waals surface area contributed by atoms with Gasteiger partial charge in [-0.2, -0.15) is 0 Å². The molecule has 3 aromatic rings. The van der Waals surface area contributed by atoms with Crippen LogP contribution in [0.2, 0.25) is 0 Å². The van der Waals surface area contributed by atoms with E-state index in [2.05, 4.69) is 17.4 Å². The van der Waals surface area contributed by atoms with Gasteiger partial charge in [-0.15, -0.1) is 0 Å². The number of carbonyl (C=O) groups is 2. The summed E-state index contributed by atoms with van der Waals surface area (Å²) < 4.78 is 0. The zero-order valence-corrected chi connectivity index (χ0v) is 16.3. The maximum Gasteiger partial charge on any atom is 0.322 e. The highest BCUT2D eigenvalue weighted by Crippen LogP contribution is 2.25. The lowest BCUT2D eigenvalue weighted by molar-refractivity contribution is -0.123. The van der Waals surface area contributed by atoms with Crippen LogP contribution < -0.4 is 10.2 Å². The molecule has 1 aliphatic heterocycles. The number of anilines is 2. The number of amides is 3. The van der Waals surface area contributed by atoms with Gasteiger partial charge in [0.2, 0.25) is 5.91 Å². The van der Waals surface area contributed by atoms with Crippen molar-refractivity contribution in [1.29, 1.82) is 0 Å². The quantitative estimate of drug-likeness (QED) is 0.715. The summed E-state index contributed by atoms with van der Waals surface area (Å²) in [5.41, 5.74) is 3.82. The summed E-state index contributed by atoms with van der Waals surface area (Å²) in [5, 5.41) is 2.86. The lowest BCUT2D eigenvalue weighted by Crippen LogP contribution is -2.58. The van der Waals surface area contributed by atoms with Gasteiger partial charge in [0.1, 0.15) is 6.04 Å². The standard InChI is InChI=1S/C24H23N3O2/c1-18-23(28)27(17-16-26(18)24(29)25-21-10-6-3-7-11-21)22-14-12-20(13-15-22)19-8-4-2-5-9-19/h2-15,18H,16-17H2,1H3,(H,25,29)/t18-/m0/s1. The molecule has 146 valence electrons. The first-order valence-electron chi connectivity index (χ1n) is 9.73. The van der Waals surface area contributed by atoms with E-state index < -0.39 is 6.04 Å². The first kappa shape index (κ1) is 18.7. The number of hydrogen-bond acceptors (Lipinski definition) is 2. The van der Waals surface area contributed by atoms with E-state index in [0.29, 0.717) is 13.1 Å². The number of rotatable bonds is 3. The van der Waals surface area contributed by atoms with Crippen LogP contribution in [0.5, 0.6) is 0 Å². The van der Waals surface area contributed by atoms with Gasteiger partial charge in [-0.3, -0.25) is 4.79 Å². The molecular weight excluding hydrogens is 362 g/mol. The molecule has 1 saturated heterocycles. The average molecular weight is 385 g/mol. The van der Waals surface area contributed by atoms with Gasteiger partial charge in [0, 0.05) is 24.5 Å². The van der Waals surface area contributed by atoms with Crippen LogP contribution >= 0.6 is 0 Å². The number of piperazine rings is 1. The maximum absolute atomic E-state index is 13.0. The second-order valence-corrected chi connectivity index (χ2v) is 7.07. The van der Waals surface area contributed by atoms with Crippen LogP contribution in [0, 0.1) is 0 Å². The summed E-state index contributed by atoms with van der Waals surface area (Å²) in [5.74, 6) is -0.0769. The highest BCUT2D eigenvalue weighted by Gasteiger charge is 2.35. The third kappa shape index (κ3) is 3.99. The summed E-state index contributed by atoms with van der Waals surface area (Å²) in [6.07, 6.45) is 0. The lowest BCUT2D eigenvalue weighted by atomic mass is 10.0. The molecular formula is C24H23N3O2. The monoisotopic (exact) mass is 385 g/mol. The molecule has 1 heterocycles. The molecule has 0 aromatic heterocycles. The summed E-state index contributed by atoms with van der Waals surface area (Å²) in [7, 11) is 0. The molecule has 0 spiro atoms. The van der Waals surface area contributed by atoms with Gasteiger partial charge >= 0.3 is 6.03 Å². The Bertz CT molecular complexity index is 988. The molecule has 0 bridgehead atoms. The minimum atomic E-state index is -0.527. The van der Waals surface area contributed by atoms with Crippen molar-refractivity contribution in [2.75, 3.05) is 23.3 Å². The predicted molar refractivity (Wildman–Crippen MR) is 116 cm³/mol. The topological polar surface area (TPSA) is 52.7 Å². The summed E-state index contributed by atoms with van der Waals surface area (Å²) >= 11 is 0. The van der Waals surface area contributed by atoms with Crippen LogP contribution in [0.3, 0.4) is 0 Å². The van der Waals surface area contributed by atoms with Crippen LogP contribution in [-0.2, 0) is 4.79 Å². The van der Waals surface area contributed by atoms with E-state index in [9.17, 15) is 9.59 Å². The number of nitrogens with one attached hydrogen (secondary N) is 1. The van der Waals surface area contributed by atoms with E-state index in [1.807, 2.05) is 72.8 Å². The van der Waals surface area contributed by atoms with E-state index in [0.717, 1.165) is 22.5 Å². The summed E-state index contributed by atoms with van der Waals surface area (Å²) in [6.45, 7) is 2.72. The van der Waals surface area contributed by atoms with Gasteiger partial charge in [-0.05, 0) is 42.3 Å². The molecule has 1 atom stereocenters. The molecule has 0 saturated carbocycles. The predicted octanol–water partition coefficient (Wildman–Crippen LogP) is 4.62. The maximum atomic E-state index is 13.0. The van der Waals surface area contributed by atoms with E-state index in [4.69, 9.17) is 0 Å². The number of para-hydroxylation sites is 1. The van der Waals surface area contributed by atoms with Crippen molar-refractivity contribution in [3.8, 4) is 11.1 Å². The zero-order chi connectivity index (χ0) is 20.2. The van der Waals surface area contributed by atoms with Crippen molar-refractivity contribution < 1.29 is 9.59 Å². The van der Waals surface area contributed by atoms with Crippen LogP contribution in [0.4, 0.5) is 16.2 Å². The molecule has 5 heteroatoms. The van der Waals surface area contributed by atoms with Gasteiger partial charge < -0.3 is 15.1 Å². The molecule has 1 N–H and O–H groups in total. The molecule has 0 radical (unpaired) electrons. The SMILES string of the molecule is C[C@H]1C(=O)N(c2ccc(-c3ccccc3)cc2)CCN1C(=O)Nc1ccccc1. The molecule has 1 aliphatic rings. The fraction of sp³-hybridized carbons (Fsp3) is 0.167. The van der Waals surface area contributed by atoms with Crippen molar-refractivity contribution in [1.82, 2.24) is 4.90 Å². The number of benzene rings is 3. The van der Waals surface area contributed by atoms with E-state index >= 15 is 0 Å². The molecule has 0 unspecified atom stereocenters. The van der Waals surface area contributed by atoms with Crippen molar-refractivity contribution >= 4 is 23.3 Å². The minimum Gasteiger partial charge on any atom is -0.311 e. The van der Waals surface area contributed by atoms with Gasteiger partial charge in [0.25, 0.3) is 0 Å². The molecule has 4 rings (SSSR count). The van der Waals surface area contributed by atoms with Crippen LogP contribution in [0.1, 0.15) is 6.92 Å². The van der Waals surface area contributed by atoms with Crippen molar-refractivity contribution in [2.45, 2.75) is 13.0 Å². The number of nitrogens with zero attached hydrogens (tertiary/aromatic N) is 2. The Labute approximate surface area is 170 Å². The lowest BCUT2D eigenvalue weighted by Gasteiger charge is -2.39.